The van der Waals surface area contributed by atoms with E-state index >= 15 is 0 Å². The van der Waals surface area contributed by atoms with E-state index in [2.05, 4.69) is 23.0 Å². The fraction of sp³-hybridized carbons (Fsp3) is 0.250. The molecule has 7 heteroatoms. The topological polar surface area (TPSA) is 64.2 Å². The van der Waals surface area contributed by atoms with E-state index in [0.29, 0.717) is 23.5 Å². The third-order valence-corrected chi connectivity index (χ3v) is 5.24. The lowest BCUT2D eigenvalue weighted by Gasteiger charge is -2.15. The van der Waals surface area contributed by atoms with E-state index in [0.717, 1.165) is 45.8 Å². The number of rotatable bonds is 6. The van der Waals surface area contributed by atoms with Crippen molar-refractivity contribution in [2.45, 2.75) is 26.2 Å². The maximum atomic E-state index is 13.0. The van der Waals surface area contributed by atoms with E-state index in [-0.39, 0.29) is 30.4 Å². The maximum absolute atomic E-state index is 13.0. The standard InChI is InChI=1S/C24H24N2O3.2ClH/c1-4-7-21-18-13-23(29-3)22(28-2)12-17(18)19(24(27)26-21)11-15-10-16-8-5-6-9-20(16)25-14-15;;/h5-6,8-10,12-14H,4,7,11H2,1-3H3,(H,26,27);2*1H. The molecule has 0 saturated heterocycles. The van der Waals surface area contributed by atoms with Crippen LogP contribution in [0.25, 0.3) is 21.7 Å². The molecule has 2 aromatic carbocycles. The van der Waals surface area contributed by atoms with Gasteiger partial charge in [0.05, 0.1) is 19.7 Å². The maximum Gasteiger partial charge on any atom is 0.252 e. The smallest absolute Gasteiger partial charge is 0.252 e. The SMILES string of the molecule is CCCc1[nH]c(=O)c(Cc2cnc3ccccc3c2)c2cc(OC)c(OC)cc12.Cl.Cl. The van der Waals surface area contributed by atoms with Crippen molar-refractivity contribution in [3.63, 3.8) is 0 Å². The number of halogens is 2. The Kier molecular flexibility index (Phi) is 8.31. The summed E-state index contributed by atoms with van der Waals surface area (Å²) < 4.78 is 11.0. The molecule has 164 valence electrons. The molecular formula is C24H26Cl2N2O3. The van der Waals surface area contributed by atoms with Crippen molar-refractivity contribution < 1.29 is 9.47 Å². The van der Waals surface area contributed by atoms with Gasteiger partial charge in [0.1, 0.15) is 0 Å². The molecule has 0 radical (unpaired) electrons. The number of hydrogen-bond acceptors (Lipinski definition) is 4. The molecule has 4 aromatic rings. The molecule has 2 heterocycles. The van der Waals surface area contributed by atoms with Gasteiger partial charge in [-0.3, -0.25) is 9.78 Å². The third kappa shape index (κ3) is 4.78. The molecule has 0 unspecified atom stereocenters. The van der Waals surface area contributed by atoms with E-state index in [9.17, 15) is 4.79 Å². The van der Waals surface area contributed by atoms with Gasteiger partial charge in [-0.05, 0) is 41.6 Å². The number of benzene rings is 2. The van der Waals surface area contributed by atoms with Gasteiger partial charge in [0, 0.05) is 34.6 Å². The minimum atomic E-state index is -0.0682. The van der Waals surface area contributed by atoms with Crippen LogP contribution in [0.4, 0.5) is 0 Å². The summed E-state index contributed by atoms with van der Waals surface area (Å²) in [4.78, 5) is 20.6. The fourth-order valence-corrected chi connectivity index (χ4v) is 3.82. The monoisotopic (exact) mass is 460 g/mol. The zero-order valence-electron chi connectivity index (χ0n) is 17.7. The number of ether oxygens (including phenoxy) is 2. The largest absolute Gasteiger partial charge is 0.493 e. The predicted molar refractivity (Wildman–Crippen MR) is 131 cm³/mol. The van der Waals surface area contributed by atoms with E-state index in [1.54, 1.807) is 14.2 Å². The summed E-state index contributed by atoms with van der Waals surface area (Å²) in [6.45, 7) is 2.10. The summed E-state index contributed by atoms with van der Waals surface area (Å²) in [5, 5.41) is 2.95. The van der Waals surface area contributed by atoms with E-state index in [1.807, 2.05) is 42.6 Å². The van der Waals surface area contributed by atoms with Gasteiger partial charge < -0.3 is 14.5 Å². The van der Waals surface area contributed by atoms with Crippen molar-refractivity contribution in [2.75, 3.05) is 14.2 Å². The summed E-state index contributed by atoms with van der Waals surface area (Å²) in [5.74, 6) is 1.27. The van der Waals surface area contributed by atoms with Crippen LogP contribution >= 0.6 is 24.8 Å². The first kappa shape index (κ1) is 24.5. The van der Waals surface area contributed by atoms with Crippen molar-refractivity contribution in [2.24, 2.45) is 0 Å². The quantitative estimate of drug-likeness (QED) is 0.413. The van der Waals surface area contributed by atoms with Gasteiger partial charge in [0.2, 0.25) is 0 Å². The van der Waals surface area contributed by atoms with Crippen LogP contribution < -0.4 is 15.0 Å². The lowest BCUT2D eigenvalue weighted by atomic mass is 9.97. The first-order valence-corrected chi connectivity index (χ1v) is 9.78. The fourth-order valence-electron chi connectivity index (χ4n) is 3.82. The number of para-hydroxylation sites is 1. The summed E-state index contributed by atoms with van der Waals surface area (Å²) in [6.07, 6.45) is 4.06. The highest BCUT2D eigenvalue weighted by atomic mass is 35.5. The number of pyridine rings is 2. The average molecular weight is 461 g/mol. The normalized spacial score (nSPS) is 10.4. The number of methoxy groups -OCH3 is 2. The Bertz CT molecular complexity index is 1250. The predicted octanol–water partition coefficient (Wildman–Crippen LogP) is 5.48. The van der Waals surface area contributed by atoms with Crippen LogP contribution in [0.5, 0.6) is 11.5 Å². The van der Waals surface area contributed by atoms with Gasteiger partial charge in [-0.25, -0.2) is 0 Å². The molecule has 31 heavy (non-hydrogen) atoms. The Morgan fingerprint density at radius 2 is 1.65 bits per heavy atom. The van der Waals surface area contributed by atoms with Crippen LogP contribution in [0.3, 0.4) is 0 Å². The molecule has 0 aliphatic heterocycles. The van der Waals surface area contributed by atoms with Gasteiger partial charge in [-0.1, -0.05) is 31.5 Å². The van der Waals surface area contributed by atoms with Gasteiger partial charge in [0.25, 0.3) is 5.56 Å². The number of H-pyrrole nitrogens is 1. The highest BCUT2D eigenvalue weighted by Gasteiger charge is 2.16. The number of nitrogens with one attached hydrogen (secondary N) is 1. The molecule has 2 aromatic heterocycles. The Morgan fingerprint density at radius 1 is 0.968 bits per heavy atom. The van der Waals surface area contributed by atoms with Crippen molar-refractivity contribution in [1.29, 1.82) is 0 Å². The van der Waals surface area contributed by atoms with E-state index in [1.165, 1.54) is 0 Å². The molecule has 0 saturated carbocycles. The lowest BCUT2D eigenvalue weighted by Crippen LogP contribution is -2.16. The zero-order chi connectivity index (χ0) is 20.4. The summed E-state index contributed by atoms with van der Waals surface area (Å²) >= 11 is 0. The third-order valence-electron chi connectivity index (χ3n) is 5.24. The molecule has 0 aliphatic carbocycles. The molecule has 0 atom stereocenters. The van der Waals surface area contributed by atoms with Crippen LogP contribution in [0.15, 0.2) is 53.5 Å². The number of fused-ring (bicyclic) bond motifs is 2. The number of aryl methyl sites for hydroxylation is 1. The second-order valence-electron chi connectivity index (χ2n) is 7.13. The minimum absolute atomic E-state index is 0. The Balaban J connectivity index is 0.00000171. The Morgan fingerprint density at radius 3 is 2.32 bits per heavy atom. The second kappa shape index (κ2) is 10.5. The van der Waals surface area contributed by atoms with Crippen molar-refractivity contribution in [3.05, 3.63) is 75.8 Å². The molecule has 0 spiro atoms. The number of aromatic amines is 1. The van der Waals surface area contributed by atoms with Crippen molar-refractivity contribution in [3.8, 4) is 11.5 Å². The highest BCUT2D eigenvalue weighted by Crippen LogP contribution is 2.34. The first-order chi connectivity index (χ1) is 14.1. The van der Waals surface area contributed by atoms with Crippen molar-refractivity contribution >= 4 is 46.5 Å². The van der Waals surface area contributed by atoms with Gasteiger partial charge in [-0.2, -0.15) is 0 Å². The lowest BCUT2D eigenvalue weighted by molar-refractivity contribution is 0.356. The molecular weight excluding hydrogens is 435 g/mol. The zero-order valence-corrected chi connectivity index (χ0v) is 19.4. The van der Waals surface area contributed by atoms with Crippen LogP contribution in [0.1, 0.15) is 30.2 Å². The summed E-state index contributed by atoms with van der Waals surface area (Å²) in [5.41, 5.74) is 3.50. The first-order valence-electron chi connectivity index (χ1n) is 9.78. The van der Waals surface area contributed by atoms with Crippen LogP contribution in [0.2, 0.25) is 0 Å². The van der Waals surface area contributed by atoms with Gasteiger partial charge in [-0.15, -0.1) is 24.8 Å². The number of hydrogen-bond donors (Lipinski definition) is 1. The molecule has 0 fully saturated rings. The Labute approximate surface area is 193 Å². The average Bonchev–Trinajstić information content (AvgIpc) is 2.75. The van der Waals surface area contributed by atoms with Crippen LogP contribution in [-0.4, -0.2) is 24.2 Å². The van der Waals surface area contributed by atoms with Gasteiger partial charge >= 0.3 is 0 Å². The molecule has 1 N–H and O–H groups in total. The number of nitrogens with zero attached hydrogens (tertiary/aromatic N) is 1. The van der Waals surface area contributed by atoms with Crippen LogP contribution in [-0.2, 0) is 12.8 Å². The molecule has 0 amide bonds. The molecule has 0 aliphatic rings. The number of aromatic nitrogens is 2. The van der Waals surface area contributed by atoms with E-state index in [4.69, 9.17) is 9.47 Å². The summed E-state index contributed by atoms with van der Waals surface area (Å²) in [7, 11) is 3.23. The van der Waals surface area contributed by atoms with Crippen LogP contribution in [0, 0.1) is 0 Å². The van der Waals surface area contributed by atoms with E-state index < -0.39 is 0 Å². The Hall–Kier alpha value is -2.76. The summed E-state index contributed by atoms with van der Waals surface area (Å²) in [6, 6.07) is 13.9. The highest BCUT2D eigenvalue weighted by molar-refractivity contribution is 5.91. The minimum Gasteiger partial charge on any atom is -0.493 e. The molecule has 5 nitrogen and oxygen atoms in total. The molecule has 0 bridgehead atoms. The van der Waals surface area contributed by atoms with Gasteiger partial charge in [0.15, 0.2) is 11.5 Å². The van der Waals surface area contributed by atoms with Crippen molar-refractivity contribution in [1.82, 2.24) is 9.97 Å². The second-order valence-corrected chi connectivity index (χ2v) is 7.13. The molecule has 4 rings (SSSR count).